The van der Waals surface area contributed by atoms with Gasteiger partial charge in [0, 0.05) is 6.42 Å². The third-order valence-corrected chi connectivity index (χ3v) is 5.89. The predicted octanol–water partition coefficient (Wildman–Crippen LogP) is 6.56. The third-order valence-electron chi connectivity index (χ3n) is 5.89. The SMILES string of the molecule is Cc1cccc(C)c1-c1cccc(C2CCCc3cc(CCC=O)ccc3O2)c1. The van der Waals surface area contributed by atoms with Crippen LogP contribution in [0, 0.1) is 13.8 Å². The van der Waals surface area contributed by atoms with Crippen molar-refractivity contribution < 1.29 is 9.53 Å². The molecule has 2 heteroatoms. The summed E-state index contributed by atoms with van der Waals surface area (Å²) in [6.45, 7) is 4.35. The lowest BCUT2D eigenvalue weighted by Gasteiger charge is -2.20. The Morgan fingerprint density at radius 3 is 2.59 bits per heavy atom. The first kappa shape index (κ1) is 19.4. The van der Waals surface area contributed by atoms with Crippen LogP contribution in [0.5, 0.6) is 5.75 Å². The molecule has 1 heterocycles. The highest BCUT2D eigenvalue weighted by atomic mass is 16.5. The van der Waals surface area contributed by atoms with Gasteiger partial charge in [-0.15, -0.1) is 0 Å². The van der Waals surface area contributed by atoms with Gasteiger partial charge in [-0.3, -0.25) is 0 Å². The summed E-state index contributed by atoms with van der Waals surface area (Å²) in [5, 5.41) is 0. The molecule has 0 saturated carbocycles. The van der Waals surface area contributed by atoms with Gasteiger partial charge in [-0.25, -0.2) is 0 Å². The first-order valence-corrected chi connectivity index (χ1v) is 10.5. The van der Waals surface area contributed by atoms with Gasteiger partial charge in [-0.2, -0.15) is 0 Å². The van der Waals surface area contributed by atoms with Crippen LogP contribution in [-0.4, -0.2) is 6.29 Å². The highest BCUT2D eigenvalue weighted by Crippen LogP contribution is 2.36. The monoisotopic (exact) mass is 384 g/mol. The maximum Gasteiger partial charge on any atom is 0.124 e. The highest BCUT2D eigenvalue weighted by Gasteiger charge is 2.20. The zero-order valence-electron chi connectivity index (χ0n) is 17.3. The molecule has 1 unspecified atom stereocenters. The van der Waals surface area contributed by atoms with E-state index in [0.29, 0.717) is 6.42 Å². The molecule has 2 nitrogen and oxygen atoms in total. The number of benzene rings is 3. The van der Waals surface area contributed by atoms with E-state index in [0.717, 1.165) is 37.7 Å². The van der Waals surface area contributed by atoms with Gasteiger partial charge >= 0.3 is 0 Å². The number of hydrogen-bond donors (Lipinski definition) is 0. The molecule has 3 aromatic rings. The number of ether oxygens (including phenoxy) is 1. The largest absolute Gasteiger partial charge is 0.485 e. The van der Waals surface area contributed by atoms with E-state index in [1.165, 1.54) is 38.9 Å². The van der Waals surface area contributed by atoms with Gasteiger partial charge in [0.2, 0.25) is 0 Å². The minimum atomic E-state index is 0.0707. The van der Waals surface area contributed by atoms with Crippen molar-refractivity contribution in [1.29, 1.82) is 0 Å². The van der Waals surface area contributed by atoms with Crippen LogP contribution < -0.4 is 4.74 Å². The number of aldehydes is 1. The molecule has 0 aliphatic carbocycles. The molecule has 29 heavy (non-hydrogen) atoms. The average Bonchev–Trinajstić information content (AvgIpc) is 2.94. The fraction of sp³-hybridized carbons (Fsp3) is 0.296. The summed E-state index contributed by atoms with van der Waals surface area (Å²) >= 11 is 0. The molecular formula is C27H28O2. The molecule has 0 aromatic heterocycles. The molecule has 0 bridgehead atoms. The van der Waals surface area contributed by atoms with E-state index in [1.54, 1.807) is 0 Å². The Morgan fingerprint density at radius 1 is 1.00 bits per heavy atom. The molecule has 148 valence electrons. The number of fused-ring (bicyclic) bond motifs is 1. The van der Waals surface area contributed by atoms with Crippen LogP contribution in [0.1, 0.15) is 53.2 Å². The topological polar surface area (TPSA) is 26.3 Å². The molecule has 0 fully saturated rings. The quantitative estimate of drug-likeness (QED) is 0.466. The van der Waals surface area contributed by atoms with Gasteiger partial charge < -0.3 is 9.53 Å². The summed E-state index contributed by atoms with van der Waals surface area (Å²) in [4.78, 5) is 10.7. The van der Waals surface area contributed by atoms with E-state index in [4.69, 9.17) is 4.74 Å². The first-order chi connectivity index (χ1) is 14.2. The Bertz CT molecular complexity index is 999. The van der Waals surface area contributed by atoms with Crippen molar-refractivity contribution in [3.63, 3.8) is 0 Å². The molecule has 0 N–H and O–H groups in total. The fourth-order valence-electron chi connectivity index (χ4n) is 4.41. The van der Waals surface area contributed by atoms with Crippen molar-refractivity contribution in [2.75, 3.05) is 0 Å². The Balaban J connectivity index is 1.62. The summed E-state index contributed by atoms with van der Waals surface area (Å²) < 4.78 is 6.48. The molecule has 1 aliphatic heterocycles. The van der Waals surface area contributed by atoms with Crippen molar-refractivity contribution in [3.8, 4) is 16.9 Å². The smallest absolute Gasteiger partial charge is 0.124 e. The lowest BCUT2D eigenvalue weighted by Crippen LogP contribution is -2.07. The molecule has 0 radical (unpaired) electrons. The minimum Gasteiger partial charge on any atom is -0.485 e. The van der Waals surface area contributed by atoms with Crippen LogP contribution in [0.25, 0.3) is 11.1 Å². The summed E-state index contributed by atoms with van der Waals surface area (Å²) in [6, 6.07) is 21.7. The van der Waals surface area contributed by atoms with E-state index in [1.807, 2.05) is 0 Å². The van der Waals surface area contributed by atoms with Gasteiger partial charge in [0.1, 0.15) is 18.1 Å². The Hall–Kier alpha value is -2.87. The van der Waals surface area contributed by atoms with Crippen LogP contribution >= 0.6 is 0 Å². The zero-order valence-corrected chi connectivity index (χ0v) is 17.3. The minimum absolute atomic E-state index is 0.0707. The number of hydrogen-bond acceptors (Lipinski definition) is 2. The van der Waals surface area contributed by atoms with Crippen molar-refractivity contribution in [2.45, 2.75) is 52.1 Å². The standard InChI is InChI=1S/C27H28O2/c1-19-7-3-8-20(2)27(19)24-12-4-10-23(18-24)25-13-5-11-22-17-21(9-6-16-28)14-15-26(22)29-25/h3-4,7-8,10,12,14-18,25H,5-6,9,11,13H2,1-2H3. The predicted molar refractivity (Wildman–Crippen MR) is 118 cm³/mol. The molecular weight excluding hydrogens is 356 g/mol. The van der Waals surface area contributed by atoms with Gasteiger partial charge in [0.15, 0.2) is 0 Å². The van der Waals surface area contributed by atoms with Crippen LogP contribution in [0.15, 0.2) is 60.7 Å². The van der Waals surface area contributed by atoms with E-state index >= 15 is 0 Å². The van der Waals surface area contributed by atoms with E-state index in [-0.39, 0.29) is 6.10 Å². The van der Waals surface area contributed by atoms with Crippen LogP contribution in [0.4, 0.5) is 0 Å². The molecule has 3 aromatic carbocycles. The van der Waals surface area contributed by atoms with Crippen LogP contribution in [-0.2, 0) is 17.6 Å². The Kier molecular flexibility index (Phi) is 5.80. The zero-order chi connectivity index (χ0) is 20.2. The maximum atomic E-state index is 10.7. The molecule has 4 rings (SSSR count). The lowest BCUT2D eigenvalue weighted by molar-refractivity contribution is -0.107. The Morgan fingerprint density at radius 2 is 1.79 bits per heavy atom. The first-order valence-electron chi connectivity index (χ1n) is 10.5. The summed E-state index contributed by atoms with van der Waals surface area (Å²) in [7, 11) is 0. The van der Waals surface area contributed by atoms with Gasteiger partial charge in [0.25, 0.3) is 0 Å². The van der Waals surface area contributed by atoms with E-state index in [9.17, 15) is 4.79 Å². The highest BCUT2D eigenvalue weighted by molar-refractivity contribution is 5.71. The van der Waals surface area contributed by atoms with Crippen LogP contribution in [0.3, 0.4) is 0 Å². The second kappa shape index (κ2) is 8.65. The summed E-state index contributed by atoms with van der Waals surface area (Å²) in [5.41, 5.74) is 8.91. The molecule has 0 spiro atoms. The lowest BCUT2D eigenvalue weighted by atomic mass is 9.93. The summed E-state index contributed by atoms with van der Waals surface area (Å²) in [5.74, 6) is 0.986. The number of rotatable bonds is 5. The van der Waals surface area contributed by atoms with Gasteiger partial charge in [-0.05, 0) is 90.6 Å². The number of carbonyl (C=O) groups is 1. The molecule has 0 amide bonds. The second-order valence-corrected chi connectivity index (χ2v) is 8.04. The Labute approximate surface area is 173 Å². The van der Waals surface area contributed by atoms with Crippen LogP contribution in [0.2, 0.25) is 0 Å². The van der Waals surface area contributed by atoms with Crippen molar-refractivity contribution >= 4 is 6.29 Å². The normalized spacial score (nSPS) is 15.9. The summed E-state index contributed by atoms with van der Waals surface area (Å²) in [6.07, 6.45) is 5.57. The maximum absolute atomic E-state index is 10.7. The van der Waals surface area contributed by atoms with E-state index < -0.39 is 0 Å². The second-order valence-electron chi connectivity index (χ2n) is 8.04. The fourth-order valence-corrected chi connectivity index (χ4v) is 4.41. The average molecular weight is 385 g/mol. The third kappa shape index (κ3) is 4.27. The molecule has 1 atom stereocenters. The number of aryl methyl sites for hydroxylation is 4. The van der Waals surface area contributed by atoms with E-state index in [2.05, 4.69) is 74.5 Å². The van der Waals surface area contributed by atoms with Gasteiger partial charge in [0.05, 0.1) is 0 Å². The van der Waals surface area contributed by atoms with Crippen molar-refractivity contribution in [3.05, 3.63) is 88.5 Å². The molecule has 0 saturated heterocycles. The van der Waals surface area contributed by atoms with Crippen molar-refractivity contribution in [2.24, 2.45) is 0 Å². The van der Waals surface area contributed by atoms with Gasteiger partial charge in [-0.1, -0.05) is 48.5 Å². The van der Waals surface area contributed by atoms with Crippen molar-refractivity contribution in [1.82, 2.24) is 0 Å². The molecule has 1 aliphatic rings. The number of carbonyl (C=O) groups excluding carboxylic acids is 1.